The topological polar surface area (TPSA) is 110 Å². The number of carbonyl (C=O) groups is 2. The summed E-state index contributed by atoms with van der Waals surface area (Å²) in [6.45, 7) is 3.63. The predicted octanol–water partition coefficient (Wildman–Crippen LogP) is 2.78. The van der Waals surface area contributed by atoms with Gasteiger partial charge in [-0.3, -0.25) is 14.9 Å². The van der Waals surface area contributed by atoms with E-state index < -0.39 is 34.3 Å². The summed E-state index contributed by atoms with van der Waals surface area (Å²) in [5.74, 6) is -2.87. The number of hydrogen-bond donors (Lipinski definition) is 2. The highest BCUT2D eigenvalue weighted by Crippen LogP contribution is 2.19. The quantitative estimate of drug-likeness (QED) is 0.608. The number of benzene rings is 2. The van der Waals surface area contributed by atoms with Gasteiger partial charge in [-0.2, -0.15) is 4.39 Å². The maximum absolute atomic E-state index is 13.4. The smallest absolute Gasteiger partial charge is 0.326 e. The van der Waals surface area contributed by atoms with Crippen LogP contribution in [0.15, 0.2) is 36.4 Å². The van der Waals surface area contributed by atoms with Crippen LogP contribution in [0.4, 0.5) is 10.1 Å². The maximum atomic E-state index is 13.4. The fourth-order valence-corrected chi connectivity index (χ4v) is 2.61. The molecule has 0 aromatic heterocycles. The van der Waals surface area contributed by atoms with Crippen molar-refractivity contribution in [2.75, 3.05) is 0 Å². The Morgan fingerprint density at radius 3 is 2.35 bits per heavy atom. The lowest BCUT2D eigenvalue weighted by Crippen LogP contribution is -2.42. The molecule has 0 radical (unpaired) electrons. The molecule has 2 aromatic rings. The second-order valence-electron chi connectivity index (χ2n) is 5.99. The first-order valence-corrected chi connectivity index (χ1v) is 7.72. The second-order valence-corrected chi connectivity index (χ2v) is 5.99. The fourth-order valence-electron chi connectivity index (χ4n) is 2.61. The molecule has 0 unspecified atom stereocenters. The Labute approximate surface area is 148 Å². The molecule has 1 atom stereocenters. The number of nitro benzene ring substituents is 1. The van der Waals surface area contributed by atoms with Crippen LogP contribution in [0.1, 0.15) is 27.0 Å². The number of hydrogen-bond acceptors (Lipinski definition) is 4. The van der Waals surface area contributed by atoms with E-state index in [2.05, 4.69) is 5.32 Å². The average Bonchev–Trinajstić information content (AvgIpc) is 2.54. The van der Waals surface area contributed by atoms with Crippen molar-refractivity contribution in [3.8, 4) is 0 Å². The monoisotopic (exact) mass is 360 g/mol. The lowest BCUT2D eigenvalue weighted by Gasteiger charge is -2.15. The van der Waals surface area contributed by atoms with E-state index in [4.69, 9.17) is 0 Å². The number of carboxylic acids is 1. The van der Waals surface area contributed by atoms with Crippen molar-refractivity contribution in [1.29, 1.82) is 0 Å². The summed E-state index contributed by atoms with van der Waals surface area (Å²) in [5.41, 5.74) is 1.52. The minimum Gasteiger partial charge on any atom is -0.480 e. The zero-order valence-electron chi connectivity index (χ0n) is 14.2. The highest BCUT2D eigenvalue weighted by atomic mass is 19.1. The van der Waals surface area contributed by atoms with E-state index in [0.717, 1.165) is 23.3 Å². The van der Waals surface area contributed by atoms with Crippen molar-refractivity contribution in [2.45, 2.75) is 26.3 Å². The molecule has 1 amide bonds. The molecule has 2 aromatic carbocycles. The Balaban J connectivity index is 2.22. The van der Waals surface area contributed by atoms with Crippen LogP contribution in [0.25, 0.3) is 0 Å². The molecule has 0 fully saturated rings. The van der Waals surface area contributed by atoms with Gasteiger partial charge in [0.1, 0.15) is 6.04 Å². The molecule has 0 saturated heterocycles. The van der Waals surface area contributed by atoms with Crippen molar-refractivity contribution in [3.05, 3.63) is 74.6 Å². The van der Waals surface area contributed by atoms with E-state index >= 15 is 0 Å². The van der Waals surface area contributed by atoms with E-state index in [-0.39, 0.29) is 12.0 Å². The van der Waals surface area contributed by atoms with Crippen molar-refractivity contribution in [1.82, 2.24) is 5.32 Å². The van der Waals surface area contributed by atoms with Crippen LogP contribution in [0, 0.1) is 29.8 Å². The lowest BCUT2D eigenvalue weighted by molar-refractivity contribution is -0.387. The second kappa shape index (κ2) is 7.73. The maximum Gasteiger partial charge on any atom is 0.326 e. The minimum absolute atomic E-state index is 0.215. The summed E-state index contributed by atoms with van der Waals surface area (Å²) in [6.07, 6.45) is -0.215. The molecular formula is C18H17FN2O5. The molecule has 0 bridgehead atoms. The number of halogens is 1. The Bertz CT molecular complexity index is 862. The van der Waals surface area contributed by atoms with Gasteiger partial charge in [-0.15, -0.1) is 0 Å². The first-order chi connectivity index (χ1) is 12.2. The number of nitrogens with one attached hydrogen (secondary N) is 1. The van der Waals surface area contributed by atoms with Crippen LogP contribution < -0.4 is 5.32 Å². The Hall–Kier alpha value is -3.29. The van der Waals surface area contributed by atoms with Gasteiger partial charge in [0.25, 0.3) is 5.91 Å². The molecular weight excluding hydrogens is 343 g/mol. The van der Waals surface area contributed by atoms with Crippen LogP contribution in [-0.4, -0.2) is 27.9 Å². The fraction of sp³-hybridized carbons (Fsp3) is 0.222. The van der Waals surface area contributed by atoms with E-state index in [0.29, 0.717) is 5.56 Å². The largest absolute Gasteiger partial charge is 0.480 e. The summed E-state index contributed by atoms with van der Waals surface area (Å²) in [6, 6.07) is 6.94. The Morgan fingerprint density at radius 1 is 1.19 bits per heavy atom. The van der Waals surface area contributed by atoms with Gasteiger partial charge in [-0.1, -0.05) is 23.3 Å². The van der Waals surface area contributed by atoms with Gasteiger partial charge < -0.3 is 10.4 Å². The van der Waals surface area contributed by atoms with Gasteiger partial charge in [0.2, 0.25) is 5.82 Å². The highest BCUT2D eigenvalue weighted by Gasteiger charge is 2.23. The van der Waals surface area contributed by atoms with Crippen molar-refractivity contribution in [3.63, 3.8) is 0 Å². The summed E-state index contributed by atoms with van der Waals surface area (Å²) in [5, 5.41) is 22.5. The van der Waals surface area contributed by atoms with Crippen LogP contribution in [0.5, 0.6) is 0 Å². The summed E-state index contributed by atoms with van der Waals surface area (Å²) in [4.78, 5) is 33.7. The number of carboxylic acid groups (broad SMARTS) is 1. The number of aliphatic carboxylic acids is 1. The Morgan fingerprint density at radius 2 is 1.81 bits per heavy atom. The molecule has 0 aliphatic heterocycles. The van der Waals surface area contributed by atoms with Crippen LogP contribution in [-0.2, 0) is 11.2 Å². The molecule has 0 aliphatic carbocycles. The van der Waals surface area contributed by atoms with E-state index in [1.165, 1.54) is 6.07 Å². The van der Waals surface area contributed by atoms with Crippen LogP contribution in [0.3, 0.4) is 0 Å². The molecule has 26 heavy (non-hydrogen) atoms. The molecule has 7 nitrogen and oxygen atoms in total. The number of aryl methyl sites for hydroxylation is 2. The molecule has 136 valence electrons. The van der Waals surface area contributed by atoms with Crippen molar-refractivity contribution >= 4 is 17.6 Å². The molecule has 0 saturated carbocycles. The lowest BCUT2D eigenvalue weighted by atomic mass is 10.0. The molecule has 2 rings (SSSR count). The summed E-state index contributed by atoms with van der Waals surface area (Å²) < 4.78 is 13.4. The Kier molecular flexibility index (Phi) is 5.66. The van der Waals surface area contributed by atoms with Gasteiger partial charge in [0, 0.05) is 18.1 Å². The SMILES string of the molecule is Cc1cc(C)cc(C(=O)N[C@H](Cc2ccc(F)c([N+](=O)[O-])c2)C(=O)O)c1. The molecule has 0 heterocycles. The van der Waals surface area contributed by atoms with E-state index in [1.54, 1.807) is 12.1 Å². The first kappa shape index (κ1) is 19.0. The third-order valence-corrected chi connectivity index (χ3v) is 3.73. The predicted molar refractivity (Wildman–Crippen MR) is 91.6 cm³/mol. The van der Waals surface area contributed by atoms with Crippen molar-refractivity contribution in [2.24, 2.45) is 0 Å². The molecule has 2 N–H and O–H groups in total. The average molecular weight is 360 g/mol. The highest BCUT2D eigenvalue weighted by molar-refractivity contribution is 5.97. The van der Waals surface area contributed by atoms with Crippen molar-refractivity contribution < 1.29 is 24.0 Å². The van der Waals surface area contributed by atoms with E-state index in [1.807, 2.05) is 19.9 Å². The normalized spacial score (nSPS) is 11.7. The van der Waals surface area contributed by atoms with Gasteiger partial charge >= 0.3 is 11.7 Å². The third-order valence-electron chi connectivity index (χ3n) is 3.73. The minimum atomic E-state index is -1.31. The number of amides is 1. The molecule has 8 heteroatoms. The number of nitrogens with zero attached hydrogens (tertiary/aromatic N) is 1. The zero-order valence-corrected chi connectivity index (χ0v) is 14.2. The first-order valence-electron chi connectivity index (χ1n) is 7.72. The summed E-state index contributed by atoms with van der Waals surface area (Å²) in [7, 11) is 0. The molecule has 0 aliphatic rings. The third kappa shape index (κ3) is 4.62. The number of rotatable bonds is 6. The van der Waals surface area contributed by atoms with Crippen LogP contribution >= 0.6 is 0 Å². The van der Waals surface area contributed by atoms with E-state index in [9.17, 15) is 29.2 Å². The number of nitro groups is 1. The number of carbonyl (C=O) groups excluding carboxylic acids is 1. The zero-order chi connectivity index (χ0) is 19.4. The van der Waals surface area contributed by atoms with Gasteiger partial charge in [-0.25, -0.2) is 4.79 Å². The van der Waals surface area contributed by atoms with Crippen LogP contribution in [0.2, 0.25) is 0 Å². The molecule has 0 spiro atoms. The standard InChI is InChI=1S/C18H17FN2O5/c1-10-5-11(2)7-13(6-10)17(22)20-15(18(23)24)8-12-3-4-14(19)16(9-12)21(25)26/h3-7,9,15H,8H2,1-2H3,(H,20,22)(H,23,24)/t15-/m1/s1. The van der Waals surface area contributed by atoms with Gasteiger partial charge in [0.15, 0.2) is 0 Å². The summed E-state index contributed by atoms with van der Waals surface area (Å²) >= 11 is 0. The van der Waals surface area contributed by atoms with Gasteiger partial charge in [-0.05, 0) is 37.6 Å². The van der Waals surface area contributed by atoms with Gasteiger partial charge in [0.05, 0.1) is 4.92 Å².